The van der Waals surface area contributed by atoms with Crippen LogP contribution in [-0.2, 0) is 59.2 Å². The van der Waals surface area contributed by atoms with E-state index in [0.29, 0.717) is 18.4 Å². The summed E-state index contributed by atoms with van der Waals surface area (Å²) in [4.78, 5) is 148. The summed E-state index contributed by atoms with van der Waals surface area (Å²) in [6, 6.07) is -7.47. The zero-order chi connectivity index (χ0) is 52.4. The number of rotatable bonds is 17. The molecule has 0 bridgehead atoms. The third-order valence-corrected chi connectivity index (χ3v) is 13.8. The predicted molar refractivity (Wildman–Crippen MR) is 256 cm³/mol. The first-order valence-corrected chi connectivity index (χ1v) is 25.2. The maximum atomic E-state index is 14.5. The molecule has 0 spiro atoms. The van der Waals surface area contributed by atoms with E-state index in [4.69, 9.17) is 22.9 Å². The van der Waals surface area contributed by atoms with E-state index >= 15 is 0 Å². The van der Waals surface area contributed by atoms with Gasteiger partial charge in [0.05, 0.1) is 19.0 Å². The predicted octanol–water partition coefficient (Wildman–Crippen LogP) is -3.90. The molecule has 0 aliphatic carbocycles. The van der Waals surface area contributed by atoms with Crippen molar-refractivity contribution in [3.05, 3.63) is 23.8 Å². The third kappa shape index (κ3) is 18.2. The molecule has 0 aromatic heterocycles. The molecule has 25 nitrogen and oxygen atoms in total. The summed E-state index contributed by atoms with van der Waals surface area (Å²) in [6.45, 7) is 6.51. The monoisotopic (exact) mass is 1020 g/mol. The molecule has 11 amide bonds. The lowest BCUT2D eigenvalue weighted by Crippen LogP contribution is -2.61. The Morgan fingerprint density at radius 2 is 1.41 bits per heavy atom. The number of aromatic hydroxyl groups is 2. The van der Waals surface area contributed by atoms with E-state index in [2.05, 4.69) is 37.2 Å². The van der Waals surface area contributed by atoms with Crippen LogP contribution in [0.3, 0.4) is 0 Å². The van der Waals surface area contributed by atoms with Gasteiger partial charge in [-0.15, -0.1) is 0 Å². The normalized spacial score (nSPS) is 24.1. The minimum absolute atomic E-state index is 0.0354. The lowest BCUT2D eigenvalue weighted by Gasteiger charge is -2.31. The number of likely N-dealkylation sites (tertiary alicyclic amines) is 1. The number of phenolic OH excluding ortho intramolecular Hbond substituents is 2. The number of carbonyl (C=O) groups is 11. The minimum atomic E-state index is -1.77. The Hall–Kier alpha value is -6.35. The fourth-order valence-electron chi connectivity index (χ4n) is 7.41. The number of nitrogens with one attached hydrogen (secondary N) is 7. The largest absolute Gasteiger partial charge is 0.504 e. The fraction of sp³-hybridized carbons (Fsp3) is 0.605. The van der Waals surface area contributed by atoms with E-state index in [9.17, 15) is 63.0 Å². The first-order valence-electron chi connectivity index (χ1n) is 22.7. The number of nitrogens with two attached hydrogens (primary N) is 4. The van der Waals surface area contributed by atoms with Crippen molar-refractivity contribution in [2.45, 2.75) is 127 Å². The van der Waals surface area contributed by atoms with Gasteiger partial charge in [0.25, 0.3) is 0 Å². The van der Waals surface area contributed by atoms with Gasteiger partial charge in [0.2, 0.25) is 65.0 Å². The van der Waals surface area contributed by atoms with Crippen molar-refractivity contribution in [2.75, 3.05) is 24.6 Å². The summed E-state index contributed by atoms with van der Waals surface area (Å²) in [5.41, 5.74) is 22.7. The molecule has 9 atom stereocenters. The number of hydrogen-bond donors (Lipinski definition) is 13. The van der Waals surface area contributed by atoms with Gasteiger partial charge in [-0.2, -0.15) is 0 Å². The number of nitrogens with zero attached hydrogens (tertiary/aromatic N) is 1. The van der Waals surface area contributed by atoms with Crippen molar-refractivity contribution in [3.63, 3.8) is 0 Å². The molecule has 2 heterocycles. The quantitative estimate of drug-likeness (QED) is 0.0524. The molecule has 2 aliphatic rings. The molecule has 1 aromatic rings. The SMILES string of the molecule is CC[C@H](C)C1NC(=O)[C@H](Cc2ccc(O)c(O)c2)NC(=O)[C@@H](N)CSSC[C@@H](C(=O)N2CCCC2C(=O)N[C@@H](CC(C)C)C(=O)NCC(N)=O)NC(=O)[C@H](CC(N)=O)NC(=O)[C@H](CCC(N)=O)NC1=O. The van der Waals surface area contributed by atoms with Crippen LogP contribution in [0.2, 0.25) is 0 Å². The zero-order valence-corrected chi connectivity index (χ0v) is 41.1. The highest BCUT2D eigenvalue weighted by Crippen LogP contribution is 2.27. The number of hydrogen-bond acceptors (Lipinski definition) is 16. The average Bonchev–Trinajstić information content (AvgIpc) is 3.79. The number of amides is 11. The Kier molecular flexibility index (Phi) is 23.0. The molecule has 3 rings (SSSR count). The standard InChI is InChI=1S/C43H66N12O13S2/c1-5-21(4)35-42(67)49-24(9-11-32(45)58)38(63)51-27(16-33(46)59)39(64)53-28(43(68)55-12-6-7-29(55)41(66)52-25(13-20(2)3)37(62)48-17-34(47)60)19-70-69-18-23(44)36(61)50-26(40(65)54-35)14-22-8-10-30(56)31(57)15-22/h8,10,15,20-21,23-29,35,56-57H,5-7,9,11-14,16-19,44H2,1-4H3,(H2,45,58)(H2,46,59)(H2,47,60)(H,48,62)(H,49,67)(H,50,61)(H,51,63)(H,52,66)(H,53,64)(H,54,65)/t21-,23-,24-,25-,26-,27-,28-,29?,35?/m0/s1. The first kappa shape index (κ1) is 58.0. The first-order chi connectivity index (χ1) is 32.9. The van der Waals surface area contributed by atoms with Gasteiger partial charge in [-0.1, -0.05) is 61.8 Å². The maximum Gasteiger partial charge on any atom is 0.246 e. The van der Waals surface area contributed by atoms with Crippen molar-refractivity contribution in [1.82, 2.24) is 42.1 Å². The molecular weight excluding hydrogens is 957 g/mol. The minimum Gasteiger partial charge on any atom is -0.504 e. The molecule has 2 saturated heterocycles. The number of phenols is 2. The Bertz CT molecular complexity index is 2120. The second-order valence-corrected chi connectivity index (χ2v) is 20.1. The lowest BCUT2D eigenvalue weighted by molar-refractivity contribution is -0.142. The molecule has 0 saturated carbocycles. The van der Waals surface area contributed by atoms with Gasteiger partial charge in [-0.05, 0) is 55.2 Å². The summed E-state index contributed by atoms with van der Waals surface area (Å²) in [6.07, 6.45) is -0.983. The number of benzene rings is 1. The van der Waals surface area contributed by atoms with Crippen molar-refractivity contribution in [1.29, 1.82) is 0 Å². The molecule has 2 unspecified atom stereocenters. The Morgan fingerprint density at radius 1 is 0.786 bits per heavy atom. The highest BCUT2D eigenvalue weighted by atomic mass is 33.1. The molecule has 388 valence electrons. The van der Waals surface area contributed by atoms with Crippen molar-refractivity contribution < 1.29 is 63.0 Å². The second kappa shape index (κ2) is 27.7. The van der Waals surface area contributed by atoms with Crippen molar-refractivity contribution in [2.24, 2.45) is 34.8 Å². The molecule has 2 fully saturated rings. The van der Waals surface area contributed by atoms with Crippen molar-refractivity contribution >= 4 is 86.6 Å². The van der Waals surface area contributed by atoms with Gasteiger partial charge < -0.3 is 75.3 Å². The van der Waals surface area contributed by atoms with E-state index in [0.717, 1.165) is 21.6 Å². The second-order valence-electron chi connectivity index (χ2n) is 17.6. The van der Waals surface area contributed by atoms with E-state index in [1.54, 1.807) is 13.8 Å². The van der Waals surface area contributed by atoms with Crippen LogP contribution in [0.1, 0.15) is 78.2 Å². The van der Waals surface area contributed by atoms with Gasteiger partial charge >= 0.3 is 0 Å². The van der Waals surface area contributed by atoms with Crippen LogP contribution < -0.4 is 60.2 Å². The summed E-state index contributed by atoms with van der Waals surface area (Å²) in [7, 11) is 1.99. The molecule has 27 heteroatoms. The lowest BCUT2D eigenvalue weighted by atomic mass is 9.96. The van der Waals surface area contributed by atoms with Crippen molar-refractivity contribution in [3.8, 4) is 11.5 Å². The van der Waals surface area contributed by atoms with Gasteiger partial charge in [0.15, 0.2) is 11.5 Å². The van der Waals surface area contributed by atoms with Gasteiger partial charge in [0.1, 0.15) is 42.3 Å². The topological polar surface area (TPSA) is 420 Å². The molecule has 0 radical (unpaired) electrons. The van der Waals surface area contributed by atoms with Gasteiger partial charge in [0, 0.05) is 30.9 Å². The number of carbonyl (C=O) groups excluding carboxylic acids is 11. The molecule has 70 heavy (non-hydrogen) atoms. The smallest absolute Gasteiger partial charge is 0.246 e. The third-order valence-electron chi connectivity index (χ3n) is 11.4. The van der Waals surface area contributed by atoms with Gasteiger partial charge in [-0.3, -0.25) is 52.7 Å². The zero-order valence-electron chi connectivity index (χ0n) is 39.4. The highest BCUT2D eigenvalue weighted by Gasteiger charge is 2.41. The summed E-state index contributed by atoms with van der Waals surface area (Å²) >= 11 is 0. The van der Waals surface area contributed by atoms with E-state index in [1.165, 1.54) is 23.1 Å². The summed E-state index contributed by atoms with van der Waals surface area (Å²) in [5.74, 6) is -11.7. The summed E-state index contributed by atoms with van der Waals surface area (Å²) < 4.78 is 0. The van der Waals surface area contributed by atoms with Crippen LogP contribution in [0.25, 0.3) is 0 Å². The van der Waals surface area contributed by atoms with Crippen LogP contribution >= 0.6 is 21.6 Å². The molecule has 17 N–H and O–H groups in total. The van der Waals surface area contributed by atoms with Crippen LogP contribution in [0, 0.1) is 11.8 Å². The van der Waals surface area contributed by atoms with E-state index < -0.39 is 157 Å². The Morgan fingerprint density at radius 3 is 2.03 bits per heavy atom. The average molecular weight is 1020 g/mol. The molecular formula is C43H66N12O13S2. The van der Waals surface area contributed by atoms with Crippen LogP contribution in [0.5, 0.6) is 11.5 Å². The van der Waals surface area contributed by atoms with E-state index in [1.807, 2.05) is 13.8 Å². The van der Waals surface area contributed by atoms with Crippen LogP contribution in [-0.4, -0.2) is 153 Å². The van der Waals surface area contributed by atoms with Crippen LogP contribution in [0.15, 0.2) is 18.2 Å². The van der Waals surface area contributed by atoms with E-state index in [-0.39, 0.29) is 43.2 Å². The molecule has 2 aliphatic heterocycles. The van der Waals surface area contributed by atoms with Crippen LogP contribution in [0.4, 0.5) is 0 Å². The summed E-state index contributed by atoms with van der Waals surface area (Å²) in [5, 5.41) is 37.7. The van der Waals surface area contributed by atoms with Gasteiger partial charge in [-0.25, -0.2) is 0 Å². The molecule has 1 aromatic carbocycles. The fourth-order valence-corrected chi connectivity index (χ4v) is 9.68. The highest BCUT2D eigenvalue weighted by molar-refractivity contribution is 8.76. The number of primary amides is 3. The maximum absolute atomic E-state index is 14.5. The Labute approximate surface area is 412 Å². The Balaban J connectivity index is 2.06.